The summed E-state index contributed by atoms with van der Waals surface area (Å²) in [5.74, 6) is 1.52. The largest absolute Gasteiger partial charge is 0.308 e. The molecule has 5 nitrogen and oxygen atoms in total. The first-order valence-electron chi connectivity index (χ1n) is 6.53. The Morgan fingerprint density at radius 2 is 2.10 bits per heavy atom. The molecule has 0 aromatic carbocycles. The summed E-state index contributed by atoms with van der Waals surface area (Å²) in [7, 11) is 1.91. The average Bonchev–Trinajstić information content (AvgIpc) is 2.96. The molecular weight excluding hydrogens is 274 g/mol. The van der Waals surface area contributed by atoms with Gasteiger partial charge < -0.3 is 4.57 Å². The lowest BCUT2D eigenvalue weighted by molar-refractivity contribution is 0.741. The lowest BCUT2D eigenvalue weighted by Crippen LogP contribution is -2.06. The molecule has 3 heterocycles. The second-order valence-electron chi connectivity index (χ2n) is 4.87. The summed E-state index contributed by atoms with van der Waals surface area (Å²) in [6.07, 6.45) is 4.61. The van der Waals surface area contributed by atoms with Gasteiger partial charge in [-0.25, -0.2) is 9.97 Å². The van der Waals surface area contributed by atoms with Crippen LogP contribution in [0.25, 0.3) is 11.2 Å². The van der Waals surface area contributed by atoms with E-state index in [0.717, 1.165) is 34.7 Å². The fraction of sp³-hybridized carbons (Fsp3) is 0.357. The molecule has 3 aromatic rings. The first kappa shape index (κ1) is 13.1. The highest BCUT2D eigenvalue weighted by Crippen LogP contribution is 2.17. The van der Waals surface area contributed by atoms with Crippen molar-refractivity contribution in [2.45, 2.75) is 19.9 Å². The third kappa shape index (κ3) is 2.41. The number of hydrogen-bond acceptors (Lipinski definition) is 3. The molecule has 3 rings (SSSR count). The summed E-state index contributed by atoms with van der Waals surface area (Å²) in [5, 5.41) is 4.21. The second kappa shape index (κ2) is 5.25. The van der Waals surface area contributed by atoms with Crippen LogP contribution in [-0.4, -0.2) is 30.2 Å². The Balaban J connectivity index is 2.09. The number of fused-ring (bicyclic) bond motifs is 1. The van der Waals surface area contributed by atoms with Gasteiger partial charge in [0.2, 0.25) is 0 Å². The number of aryl methyl sites for hydroxylation is 3. The number of rotatable bonds is 4. The molecule has 0 aliphatic heterocycles. The van der Waals surface area contributed by atoms with E-state index in [4.69, 9.17) is 11.6 Å². The maximum Gasteiger partial charge on any atom is 0.160 e. The van der Waals surface area contributed by atoms with E-state index in [2.05, 4.69) is 19.6 Å². The van der Waals surface area contributed by atoms with Crippen molar-refractivity contribution in [2.24, 2.45) is 7.05 Å². The smallest absolute Gasteiger partial charge is 0.160 e. The standard InChI is InChI=1S/C14H16ClN5/c1-10-3-4-12-14(17-10)20(13(18-12)5-6-15)9-11-7-16-19(2)8-11/h3-4,7-8H,5-6,9H2,1-2H3. The summed E-state index contributed by atoms with van der Waals surface area (Å²) in [4.78, 5) is 9.25. The van der Waals surface area contributed by atoms with Gasteiger partial charge in [0.05, 0.1) is 12.7 Å². The van der Waals surface area contributed by atoms with Crippen LogP contribution in [0.5, 0.6) is 0 Å². The Morgan fingerprint density at radius 3 is 2.80 bits per heavy atom. The van der Waals surface area contributed by atoms with Crippen LogP contribution >= 0.6 is 11.6 Å². The van der Waals surface area contributed by atoms with Crippen molar-refractivity contribution in [1.29, 1.82) is 0 Å². The van der Waals surface area contributed by atoms with Crippen molar-refractivity contribution >= 4 is 22.8 Å². The SMILES string of the molecule is Cc1ccc2nc(CCCl)n(Cc3cnn(C)c3)c2n1. The molecule has 104 valence electrons. The number of halogens is 1. The first-order valence-corrected chi connectivity index (χ1v) is 7.07. The topological polar surface area (TPSA) is 48.5 Å². The van der Waals surface area contributed by atoms with Crippen molar-refractivity contribution in [3.05, 3.63) is 41.6 Å². The minimum atomic E-state index is 0.551. The first-order chi connectivity index (χ1) is 9.67. The number of alkyl halides is 1. The molecule has 0 spiro atoms. The lowest BCUT2D eigenvalue weighted by Gasteiger charge is -2.06. The quantitative estimate of drug-likeness (QED) is 0.693. The number of imidazole rings is 1. The highest BCUT2D eigenvalue weighted by atomic mass is 35.5. The Hall–Kier alpha value is -1.88. The zero-order chi connectivity index (χ0) is 14.1. The van der Waals surface area contributed by atoms with Crippen LogP contribution in [0.3, 0.4) is 0 Å². The molecule has 6 heteroatoms. The van der Waals surface area contributed by atoms with Gasteiger partial charge >= 0.3 is 0 Å². The van der Waals surface area contributed by atoms with Gasteiger partial charge in [0.15, 0.2) is 5.65 Å². The normalized spacial score (nSPS) is 11.3. The zero-order valence-electron chi connectivity index (χ0n) is 11.5. The minimum absolute atomic E-state index is 0.551. The van der Waals surface area contributed by atoms with Gasteiger partial charge in [-0.05, 0) is 19.1 Å². The zero-order valence-corrected chi connectivity index (χ0v) is 12.3. The Kier molecular flexibility index (Phi) is 3.44. The molecule has 0 radical (unpaired) electrons. The molecule has 3 aromatic heterocycles. The highest BCUT2D eigenvalue weighted by Gasteiger charge is 2.12. The fourth-order valence-electron chi connectivity index (χ4n) is 2.32. The molecule has 0 aliphatic rings. The molecule has 0 atom stereocenters. The van der Waals surface area contributed by atoms with E-state index < -0.39 is 0 Å². The molecule has 0 saturated heterocycles. The summed E-state index contributed by atoms with van der Waals surface area (Å²) in [5.41, 5.74) is 3.95. The van der Waals surface area contributed by atoms with Crippen LogP contribution in [-0.2, 0) is 20.0 Å². The third-order valence-electron chi connectivity index (χ3n) is 3.23. The van der Waals surface area contributed by atoms with Crippen molar-refractivity contribution in [2.75, 3.05) is 5.88 Å². The Morgan fingerprint density at radius 1 is 1.25 bits per heavy atom. The molecule has 0 unspecified atom stereocenters. The van der Waals surface area contributed by atoms with Crippen molar-refractivity contribution in [3.63, 3.8) is 0 Å². The van der Waals surface area contributed by atoms with Crippen molar-refractivity contribution in [3.8, 4) is 0 Å². The summed E-state index contributed by atoms with van der Waals surface area (Å²) in [6, 6.07) is 3.99. The van der Waals surface area contributed by atoms with Crippen LogP contribution in [0.4, 0.5) is 0 Å². The summed E-state index contributed by atoms with van der Waals surface area (Å²) in [6.45, 7) is 2.70. The van der Waals surface area contributed by atoms with E-state index in [0.29, 0.717) is 12.4 Å². The van der Waals surface area contributed by atoms with Crippen LogP contribution in [0.15, 0.2) is 24.5 Å². The van der Waals surface area contributed by atoms with Gasteiger partial charge in [-0.3, -0.25) is 4.68 Å². The van der Waals surface area contributed by atoms with Gasteiger partial charge in [0, 0.05) is 36.8 Å². The van der Waals surface area contributed by atoms with Gasteiger partial charge in [0.25, 0.3) is 0 Å². The van der Waals surface area contributed by atoms with E-state index in [9.17, 15) is 0 Å². The molecule has 0 saturated carbocycles. The summed E-state index contributed by atoms with van der Waals surface area (Å²) >= 11 is 5.88. The van der Waals surface area contributed by atoms with E-state index in [1.807, 2.05) is 38.5 Å². The maximum absolute atomic E-state index is 5.88. The summed E-state index contributed by atoms with van der Waals surface area (Å²) < 4.78 is 3.93. The highest BCUT2D eigenvalue weighted by molar-refractivity contribution is 6.17. The van der Waals surface area contributed by atoms with Crippen LogP contribution in [0, 0.1) is 6.92 Å². The number of pyridine rings is 1. The van der Waals surface area contributed by atoms with Gasteiger partial charge in [-0.2, -0.15) is 5.10 Å². The number of nitrogens with zero attached hydrogens (tertiary/aromatic N) is 5. The van der Waals surface area contributed by atoms with Crippen molar-refractivity contribution < 1.29 is 0 Å². The Bertz CT molecular complexity index is 743. The molecule has 0 fully saturated rings. The van der Waals surface area contributed by atoms with E-state index in [1.165, 1.54) is 0 Å². The molecular formula is C14H16ClN5. The van der Waals surface area contributed by atoms with E-state index in [-0.39, 0.29) is 0 Å². The molecule has 0 amide bonds. The predicted molar refractivity (Wildman–Crippen MR) is 79.0 cm³/mol. The van der Waals surface area contributed by atoms with E-state index in [1.54, 1.807) is 4.68 Å². The van der Waals surface area contributed by atoms with Crippen LogP contribution in [0.2, 0.25) is 0 Å². The molecule has 20 heavy (non-hydrogen) atoms. The lowest BCUT2D eigenvalue weighted by atomic mass is 10.3. The number of hydrogen-bond donors (Lipinski definition) is 0. The van der Waals surface area contributed by atoms with Gasteiger partial charge in [-0.1, -0.05) is 0 Å². The average molecular weight is 290 g/mol. The monoisotopic (exact) mass is 289 g/mol. The molecule has 0 bridgehead atoms. The van der Waals surface area contributed by atoms with Crippen LogP contribution < -0.4 is 0 Å². The number of aromatic nitrogens is 5. The van der Waals surface area contributed by atoms with Crippen LogP contribution in [0.1, 0.15) is 17.1 Å². The van der Waals surface area contributed by atoms with Crippen molar-refractivity contribution in [1.82, 2.24) is 24.3 Å². The molecule has 0 aliphatic carbocycles. The second-order valence-corrected chi connectivity index (χ2v) is 5.25. The van der Waals surface area contributed by atoms with Gasteiger partial charge in [0.1, 0.15) is 11.3 Å². The maximum atomic E-state index is 5.88. The molecule has 0 N–H and O–H groups in total. The minimum Gasteiger partial charge on any atom is -0.308 e. The third-order valence-corrected chi connectivity index (χ3v) is 3.42. The fourth-order valence-corrected chi connectivity index (χ4v) is 2.49. The van der Waals surface area contributed by atoms with Gasteiger partial charge in [-0.15, -0.1) is 11.6 Å². The van der Waals surface area contributed by atoms with E-state index >= 15 is 0 Å². The predicted octanol–water partition coefficient (Wildman–Crippen LogP) is 2.30. The Labute approximate surface area is 122 Å².